The lowest BCUT2D eigenvalue weighted by Gasteiger charge is -2.35. The number of pyridine rings is 1. The highest BCUT2D eigenvalue weighted by atomic mass is 16.1. The molecule has 2 N–H and O–H groups in total. The van der Waals surface area contributed by atoms with Crippen LogP contribution < -0.4 is 10.9 Å². The topological polar surface area (TPSA) is 65.2 Å². The third-order valence-electron chi connectivity index (χ3n) is 4.80. The molecule has 0 spiro atoms. The first-order valence-corrected chi connectivity index (χ1v) is 8.91. The number of rotatable bonds is 5. The molecule has 1 fully saturated rings. The van der Waals surface area contributed by atoms with Gasteiger partial charge in [0.05, 0.1) is 11.6 Å². The molecule has 1 amide bonds. The summed E-state index contributed by atoms with van der Waals surface area (Å²) in [6, 6.07) is 11.6. The van der Waals surface area contributed by atoms with Gasteiger partial charge in [0.25, 0.3) is 5.91 Å². The standard InChI is InChI=1S/C20H25N3O2/c1-15-5-7-16(8-6-15)18(23-11-3-2-4-12-23)14-22-20(25)17-9-10-19(24)21-13-17/h5-10,13,18H,2-4,11-12,14H2,1H3,(H,21,24)(H,22,25). The molecule has 132 valence electrons. The molecule has 1 aromatic carbocycles. The average Bonchev–Trinajstić information content (AvgIpc) is 2.64. The highest BCUT2D eigenvalue weighted by Crippen LogP contribution is 2.24. The second kappa shape index (κ2) is 8.12. The largest absolute Gasteiger partial charge is 0.350 e. The average molecular weight is 339 g/mol. The molecule has 1 atom stereocenters. The minimum absolute atomic E-state index is 0.162. The lowest BCUT2D eigenvalue weighted by Crippen LogP contribution is -2.40. The molecule has 2 heterocycles. The number of aromatic amines is 1. The van der Waals surface area contributed by atoms with Crippen molar-refractivity contribution in [2.24, 2.45) is 0 Å². The second-order valence-corrected chi connectivity index (χ2v) is 6.67. The van der Waals surface area contributed by atoms with Gasteiger partial charge in [0.2, 0.25) is 5.56 Å². The lowest BCUT2D eigenvalue weighted by atomic mass is 10.0. The van der Waals surface area contributed by atoms with Gasteiger partial charge in [0.15, 0.2) is 0 Å². The van der Waals surface area contributed by atoms with Crippen molar-refractivity contribution in [2.45, 2.75) is 32.2 Å². The van der Waals surface area contributed by atoms with Crippen LogP contribution in [0, 0.1) is 6.92 Å². The normalized spacial score (nSPS) is 16.4. The molecule has 1 aliphatic rings. The van der Waals surface area contributed by atoms with Gasteiger partial charge in [-0.15, -0.1) is 0 Å². The fourth-order valence-corrected chi connectivity index (χ4v) is 3.32. The van der Waals surface area contributed by atoms with Crippen molar-refractivity contribution in [1.82, 2.24) is 15.2 Å². The van der Waals surface area contributed by atoms with Crippen LogP contribution in [0.2, 0.25) is 0 Å². The number of nitrogens with one attached hydrogen (secondary N) is 2. The van der Waals surface area contributed by atoms with E-state index in [1.165, 1.54) is 42.7 Å². The van der Waals surface area contributed by atoms with Crippen LogP contribution in [-0.4, -0.2) is 35.4 Å². The summed E-state index contributed by atoms with van der Waals surface area (Å²) in [5, 5.41) is 3.03. The van der Waals surface area contributed by atoms with E-state index in [1.54, 1.807) is 6.07 Å². The lowest BCUT2D eigenvalue weighted by molar-refractivity contribution is 0.0924. The van der Waals surface area contributed by atoms with Gasteiger partial charge in [0.1, 0.15) is 0 Å². The van der Waals surface area contributed by atoms with E-state index >= 15 is 0 Å². The maximum absolute atomic E-state index is 12.4. The Labute approximate surface area is 148 Å². The molecule has 5 nitrogen and oxygen atoms in total. The second-order valence-electron chi connectivity index (χ2n) is 6.67. The Morgan fingerprint density at radius 1 is 1.12 bits per heavy atom. The maximum Gasteiger partial charge on any atom is 0.252 e. The van der Waals surface area contributed by atoms with Crippen molar-refractivity contribution in [3.63, 3.8) is 0 Å². The quantitative estimate of drug-likeness (QED) is 0.880. The molecule has 0 aliphatic carbocycles. The molecular formula is C20H25N3O2. The molecule has 1 saturated heterocycles. The fraction of sp³-hybridized carbons (Fsp3) is 0.400. The number of H-pyrrole nitrogens is 1. The minimum atomic E-state index is -0.206. The van der Waals surface area contributed by atoms with Gasteiger partial charge in [-0.05, 0) is 44.5 Å². The molecule has 0 radical (unpaired) electrons. The predicted molar refractivity (Wildman–Crippen MR) is 98.7 cm³/mol. The SMILES string of the molecule is Cc1ccc(C(CNC(=O)c2ccc(=O)[nH]c2)N2CCCCC2)cc1. The van der Waals surface area contributed by atoms with Crippen molar-refractivity contribution >= 4 is 5.91 Å². The molecule has 5 heteroatoms. The number of benzene rings is 1. The molecular weight excluding hydrogens is 314 g/mol. The molecule has 1 aromatic heterocycles. The van der Waals surface area contributed by atoms with Crippen LogP contribution in [0.4, 0.5) is 0 Å². The third kappa shape index (κ3) is 4.57. The van der Waals surface area contributed by atoms with Crippen molar-refractivity contribution in [3.05, 3.63) is 69.6 Å². The van der Waals surface area contributed by atoms with E-state index in [0.717, 1.165) is 13.1 Å². The first-order valence-electron chi connectivity index (χ1n) is 8.91. The summed E-state index contributed by atoms with van der Waals surface area (Å²) in [5.41, 5.74) is 2.73. The third-order valence-corrected chi connectivity index (χ3v) is 4.80. The molecule has 1 unspecified atom stereocenters. The Morgan fingerprint density at radius 2 is 1.84 bits per heavy atom. The molecule has 1 aliphatic heterocycles. The van der Waals surface area contributed by atoms with Crippen LogP contribution in [0.1, 0.15) is 46.8 Å². The summed E-state index contributed by atoms with van der Waals surface area (Å²) in [7, 11) is 0. The molecule has 0 saturated carbocycles. The molecule has 0 bridgehead atoms. The number of hydrogen-bond acceptors (Lipinski definition) is 3. The molecule has 2 aromatic rings. The number of hydrogen-bond donors (Lipinski definition) is 2. The van der Waals surface area contributed by atoms with Crippen molar-refractivity contribution in [3.8, 4) is 0 Å². The summed E-state index contributed by atoms with van der Waals surface area (Å²) < 4.78 is 0. The number of carbonyl (C=O) groups is 1. The van der Waals surface area contributed by atoms with E-state index in [4.69, 9.17) is 0 Å². The smallest absolute Gasteiger partial charge is 0.252 e. The zero-order chi connectivity index (χ0) is 17.6. The van der Waals surface area contributed by atoms with Crippen LogP contribution in [0.3, 0.4) is 0 Å². The zero-order valence-electron chi connectivity index (χ0n) is 14.6. The van der Waals surface area contributed by atoms with Crippen LogP contribution in [0.5, 0.6) is 0 Å². The Morgan fingerprint density at radius 3 is 2.48 bits per heavy atom. The fourth-order valence-electron chi connectivity index (χ4n) is 3.32. The number of piperidine rings is 1. The Bertz CT molecular complexity index is 741. The number of likely N-dealkylation sites (tertiary alicyclic amines) is 1. The van der Waals surface area contributed by atoms with E-state index in [1.807, 2.05) is 0 Å². The highest BCUT2D eigenvalue weighted by molar-refractivity contribution is 5.93. The maximum atomic E-state index is 12.4. The summed E-state index contributed by atoms with van der Waals surface area (Å²) in [5.74, 6) is -0.162. The van der Waals surface area contributed by atoms with E-state index in [2.05, 4.69) is 46.4 Å². The minimum Gasteiger partial charge on any atom is -0.350 e. The van der Waals surface area contributed by atoms with Gasteiger partial charge in [0, 0.05) is 18.8 Å². The Balaban J connectivity index is 1.72. The van der Waals surface area contributed by atoms with Crippen molar-refractivity contribution in [2.75, 3.05) is 19.6 Å². The Kier molecular flexibility index (Phi) is 5.66. The van der Waals surface area contributed by atoms with Gasteiger partial charge in [-0.25, -0.2) is 0 Å². The van der Waals surface area contributed by atoms with Crippen molar-refractivity contribution < 1.29 is 4.79 Å². The van der Waals surface area contributed by atoms with Crippen LogP contribution >= 0.6 is 0 Å². The first-order chi connectivity index (χ1) is 12.1. The number of aryl methyl sites for hydroxylation is 1. The monoisotopic (exact) mass is 339 g/mol. The van der Waals surface area contributed by atoms with Crippen LogP contribution in [0.25, 0.3) is 0 Å². The summed E-state index contributed by atoms with van der Waals surface area (Å²) in [4.78, 5) is 28.5. The van der Waals surface area contributed by atoms with Gasteiger partial charge in [-0.3, -0.25) is 14.5 Å². The summed E-state index contributed by atoms with van der Waals surface area (Å²) in [6.07, 6.45) is 5.15. The van der Waals surface area contributed by atoms with E-state index < -0.39 is 0 Å². The summed E-state index contributed by atoms with van der Waals surface area (Å²) >= 11 is 0. The number of amides is 1. The molecule has 3 rings (SSSR count). The van der Waals surface area contributed by atoms with Gasteiger partial charge in [-0.1, -0.05) is 36.2 Å². The van der Waals surface area contributed by atoms with Crippen LogP contribution in [-0.2, 0) is 0 Å². The Hall–Kier alpha value is -2.40. The number of nitrogens with zero attached hydrogens (tertiary/aromatic N) is 1. The highest BCUT2D eigenvalue weighted by Gasteiger charge is 2.23. The first kappa shape index (κ1) is 17.4. The van der Waals surface area contributed by atoms with Crippen LogP contribution in [0.15, 0.2) is 47.4 Å². The van der Waals surface area contributed by atoms with E-state index in [-0.39, 0.29) is 17.5 Å². The van der Waals surface area contributed by atoms with E-state index in [9.17, 15) is 9.59 Å². The van der Waals surface area contributed by atoms with Crippen molar-refractivity contribution in [1.29, 1.82) is 0 Å². The molecule has 25 heavy (non-hydrogen) atoms. The zero-order valence-corrected chi connectivity index (χ0v) is 14.6. The van der Waals surface area contributed by atoms with E-state index in [0.29, 0.717) is 12.1 Å². The van der Waals surface area contributed by atoms with Gasteiger partial charge >= 0.3 is 0 Å². The summed E-state index contributed by atoms with van der Waals surface area (Å²) in [6.45, 7) is 4.76. The van der Waals surface area contributed by atoms with Gasteiger partial charge in [-0.2, -0.15) is 0 Å². The van der Waals surface area contributed by atoms with Gasteiger partial charge < -0.3 is 10.3 Å². The number of aromatic nitrogens is 1. The number of carbonyl (C=O) groups excluding carboxylic acids is 1. The predicted octanol–water partition coefficient (Wildman–Crippen LogP) is 2.64.